The summed E-state index contributed by atoms with van der Waals surface area (Å²) in [5.74, 6) is -10.2. The molecule has 1 heterocycles. The van der Waals surface area contributed by atoms with Gasteiger partial charge in [0.05, 0.1) is 11.8 Å². The topological polar surface area (TPSA) is 133 Å². The lowest BCUT2D eigenvalue weighted by molar-refractivity contribution is -0.179. The maximum absolute atomic E-state index is 13.6. The smallest absolute Gasteiger partial charge is 0.461 e. The van der Waals surface area contributed by atoms with E-state index in [-0.39, 0.29) is 12.0 Å². The third-order valence-corrected chi connectivity index (χ3v) is 6.74. The zero-order chi connectivity index (χ0) is 23.6. The lowest BCUT2D eigenvalue weighted by Gasteiger charge is -2.30. The average Bonchev–Trinajstić information content (AvgIpc) is 3.28. The van der Waals surface area contributed by atoms with Crippen LogP contribution in [0, 0.1) is 35.3 Å². The summed E-state index contributed by atoms with van der Waals surface area (Å²) in [5, 5.41) is -5.27. The highest BCUT2D eigenvalue weighted by Gasteiger charge is 2.71. The summed E-state index contributed by atoms with van der Waals surface area (Å²) in [6.07, 6.45) is -2.68. The summed E-state index contributed by atoms with van der Waals surface area (Å²) < 4.78 is 98.5. The fraction of sp³-hybridized carbons (Fsp3) is 0.500. The van der Waals surface area contributed by atoms with Crippen molar-refractivity contribution in [2.75, 3.05) is 0 Å². The summed E-state index contributed by atoms with van der Waals surface area (Å²) in [4.78, 5) is 36.6. The molecule has 3 aliphatic rings. The van der Waals surface area contributed by atoms with E-state index in [9.17, 15) is 40.4 Å². The van der Waals surface area contributed by atoms with Crippen LogP contribution in [0.3, 0.4) is 0 Å². The summed E-state index contributed by atoms with van der Waals surface area (Å²) in [7, 11) is -6.13. The molecule has 6 unspecified atom stereocenters. The fourth-order valence-corrected chi connectivity index (χ4v) is 4.97. The molecule has 14 heteroatoms. The first kappa shape index (κ1) is 22.5. The summed E-state index contributed by atoms with van der Waals surface area (Å²) >= 11 is 0. The van der Waals surface area contributed by atoms with Gasteiger partial charge in [0.25, 0.3) is 0 Å². The van der Waals surface area contributed by atoms with E-state index < -0.39 is 87.4 Å². The zero-order valence-electron chi connectivity index (χ0n) is 15.7. The molecule has 1 N–H and O–H groups in total. The molecule has 1 aromatic rings. The first-order chi connectivity index (χ1) is 14.8. The molecule has 2 saturated carbocycles. The minimum Gasteiger partial charge on any atom is -0.461 e. The van der Waals surface area contributed by atoms with Crippen LogP contribution in [0.25, 0.3) is 0 Å². The normalized spacial score (nSPS) is 30.8. The molecule has 174 valence electrons. The van der Waals surface area contributed by atoms with Crippen molar-refractivity contribution in [3.8, 4) is 0 Å². The number of hydrogen-bond donors (Lipinski definition) is 1. The number of benzene rings is 1. The number of alkyl halides is 2. The minimum absolute atomic E-state index is 0.0262. The zero-order valence-corrected chi connectivity index (χ0v) is 16.6. The number of carbonyl (C=O) groups excluding carboxylic acids is 3. The Morgan fingerprint density at radius 2 is 1.78 bits per heavy atom. The molecule has 0 spiro atoms. The Balaban J connectivity index is 1.52. The van der Waals surface area contributed by atoms with E-state index in [1.165, 1.54) is 0 Å². The number of fused-ring (bicyclic) bond motifs is 1. The van der Waals surface area contributed by atoms with E-state index in [1.54, 1.807) is 0 Å². The van der Waals surface area contributed by atoms with Gasteiger partial charge in [0.1, 0.15) is 30.4 Å². The van der Waals surface area contributed by atoms with Gasteiger partial charge in [0.15, 0.2) is 0 Å². The maximum Gasteiger partial charge on any atom is 0.465 e. The van der Waals surface area contributed by atoms with Crippen molar-refractivity contribution in [1.82, 2.24) is 0 Å². The van der Waals surface area contributed by atoms with E-state index in [1.807, 2.05) is 0 Å². The van der Waals surface area contributed by atoms with Crippen molar-refractivity contribution in [3.05, 3.63) is 35.4 Å². The van der Waals surface area contributed by atoms with Crippen molar-refractivity contribution in [1.29, 1.82) is 0 Å². The van der Waals surface area contributed by atoms with Gasteiger partial charge in [-0.25, -0.2) is 13.6 Å². The van der Waals surface area contributed by atoms with Crippen LogP contribution in [0.1, 0.15) is 12.0 Å². The van der Waals surface area contributed by atoms with Gasteiger partial charge >= 0.3 is 33.3 Å². The third-order valence-electron chi connectivity index (χ3n) is 5.93. The van der Waals surface area contributed by atoms with Crippen molar-refractivity contribution < 1.29 is 59.1 Å². The van der Waals surface area contributed by atoms with Crippen molar-refractivity contribution >= 4 is 28.0 Å². The van der Waals surface area contributed by atoms with E-state index in [2.05, 4.69) is 4.74 Å². The van der Waals surface area contributed by atoms with Crippen LogP contribution in [-0.2, 0) is 45.3 Å². The summed E-state index contributed by atoms with van der Waals surface area (Å²) in [6, 6.07) is 2.44. The second-order valence-corrected chi connectivity index (χ2v) is 9.23. The van der Waals surface area contributed by atoms with Gasteiger partial charge in [0.2, 0.25) is 0 Å². The molecule has 32 heavy (non-hydrogen) atoms. The van der Waals surface area contributed by atoms with E-state index in [4.69, 9.17) is 14.0 Å². The number of rotatable bonds is 6. The van der Waals surface area contributed by atoms with Crippen LogP contribution < -0.4 is 0 Å². The molecule has 0 aromatic heterocycles. The molecule has 1 aliphatic heterocycles. The lowest BCUT2D eigenvalue weighted by atomic mass is 9.78. The largest absolute Gasteiger partial charge is 0.465 e. The van der Waals surface area contributed by atoms with Crippen LogP contribution in [0.4, 0.5) is 17.6 Å². The number of halogens is 4. The van der Waals surface area contributed by atoms with Gasteiger partial charge in [-0.15, -0.1) is 0 Å². The number of esters is 3. The third kappa shape index (κ3) is 3.50. The first-order valence-corrected chi connectivity index (χ1v) is 10.6. The highest BCUT2D eigenvalue weighted by molar-refractivity contribution is 7.87. The van der Waals surface area contributed by atoms with Crippen LogP contribution in [0.5, 0.6) is 0 Å². The second-order valence-electron chi connectivity index (χ2n) is 7.76. The molecule has 0 amide bonds. The monoisotopic (exact) mass is 482 g/mol. The van der Waals surface area contributed by atoms with Crippen molar-refractivity contribution in [2.45, 2.75) is 30.5 Å². The molecule has 1 saturated heterocycles. The van der Waals surface area contributed by atoms with Gasteiger partial charge in [-0.2, -0.15) is 17.2 Å². The van der Waals surface area contributed by atoms with E-state index >= 15 is 0 Å². The molecule has 2 aliphatic carbocycles. The number of hydrogen-bond acceptors (Lipinski definition) is 8. The fourth-order valence-electron chi connectivity index (χ4n) is 4.71. The van der Waals surface area contributed by atoms with Crippen LogP contribution in [0.15, 0.2) is 18.2 Å². The van der Waals surface area contributed by atoms with Gasteiger partial charge in [0, 0.05) is 17.9 Å². The second kappa shape index (κ2) is 7.40. The molecule has 0 radical (unpaired) electrons. The number of carbonyl (C=O) groups is 3. The Kier molecular flexibility index (Phi) is 5.19. The Labute approximate surface area is 177 Å². The summed E-state index contributed by atoms with van der Waals surface area (Å²) in [6.45, 7) is -0.558. The Bertz CT molecular complexity index is 1090. The minimum atomic E-state index is -6.13. The van der Waals surface area contributed by atoms with E-state index in [0.29, 0.717) is 6.07 Å². The molecular formula is C18H14F4O9S. The molecular weight excluding hydrogens is 468 g/mol. The lowest BCUT2D eigenvalue weighted by Crippen LogP contribution is -2.47. The van der Waals surface area contributed by atoms with Gasteiger partial charge < -0.3 is 14.2 Å². The highest BCUT2D eigenvalue weighted by atomic mass is 32.2. The Morgan fingerprint density at radius 1 is 1.16 bits per heavy atom. The highest BCUT2D eigenvalue weighted by Crippen LogP contribution is 2.59. The molecule has 9 nitrogen and oxygen atoms in total. The van der Waals surface area contributed by atoms with Crippen molar-refractivity contribution in [2.24, 2.45) is 23.7 Å². The SMILES string of the molecule is O=C1OC2C3CC(C2OC(=O)C(F)(F)S(=O)(=O)O)C(C(=O)OCc2cc(F)cc(F)c2)C13. The molecule has 1 aromatic carbocycles. The van der Waals surface area contributed by atoms with Crippen LogP contribution in [0.2, 0.25) is 0 Å². The maximum atomic E-state index is 13.6. The molecule has 6 atom stereocenters. The van der Waals surface area contributed by atoms with Gasteiger partial charge in [-0.3, -0.25) is 14.1 Å². The predicted octanol–water partition coefficient (Wildman–Crippen LogP) is 1.21. The number of ether oxygens (including phenoxy) is 3. The van der Waals surface area contributed by atoms with Crippen molar-refractivity contribution in [3.63, 3.8) is 0 Å². The summed E-state index contributed by atoms with van der Waals surface area (Å²) in [5.41, 5.74) is -0.0262. The predicted molar refractivity (Wildman–Crippen MR) is 91.0 cm³/mol. The van der Waals surface area contributed by atoms with Gasteiger partial charge in [-0.1, -0.05) is 0 Å². The molecule has 3 fully saturated rings. The molecule has 2 bridgehead atoms. The standard InChI is InChI=1S/C18H14F4O9S/c19-7-1-6(2-8(20)3-7)5-29-15(23)11-9-4-10-12(11)16(24)30-13(10)14(9)31-17(25)18(21,22)32(26,27)28/h1-3,9-14H,4-5H2,(H,26,27,28). The Hall–Kier alpha value is -2.74. The van der Waals surface area contributed by atoms with E-state index in [0.717, 1.165) is 12.1 Å². The Morgan fingerprint density at radius 3 is 2.38 bits per heavy atom. The first-order valence-electron chi connectivity index (χ1n) is 9.19. The average molecular weight is 482 g/mol. The van der Waals surface area contributed by atoms with Crippen LogP contribution >= 0.6 is 0 Å². The van der Waals surface area contributed by atoms with Crippen LogP contribution in [-0.4, -0.2) is 48.3 Å². The molecule has 4 rings (SSSR count). The van der Waals surface area contributed by atoms with Gasteiger partial charge in [-0.05, 0) is 24.1 Å². The quantitative estimate of drug-likeness (QED) is 0.275.